The maximum absolute atomic E-state index is 10.7. The molecule has 1 fully saturated rings. The Labute approximate surface area is 107 Å². The van der Waals surface area contributed by atoms with Crippen LogP contribution in [0, 0.1) is 10.8 Å². The van der Waals surface area contributed by atoms with E-state index >= 15 is 0 Å². The van der Waals surface area contributed by atoms with Crippen molar-refractivity contribution >= 4 is 0 Å². The SMILES string of the molecule is NCC(N=O)C1OCCC1CCC1=CC=C=C=C1. The fraction of sp³-hybridized carbons (Fsp3) is 0.571. The van der Waals surface area contributed by atoms with E-state index in [9.17, 15) is 4.91 Å². The van der Waals surface area contributed by atoms with E-state index in [2.05, 4.69) is 16.6 Å². The fourth-order valence-corrected chi connectivity index (χ4v) is 2.51. The molecule has 4 nitrogen and oxygen atoms in total. The van der Waals surface area contributed by atoms with Crippen LogP contribution < -0.4 is 5.73 Å². The summed E-state index contributed by atoms with van der Waals surface area (Å²) >= 11 is 0. The molecule has 0 saturated carbocycles. The fourth-order valence-electron chi connectivity index (χ4n) is 2.51. The van der Waals surface area contributed by atoms with Gasteiger partial charge < -0.3 is 10.5 Å². The second-order valence-corrected chi connectivity index (χ2v) is 4.67. The first-order chi connectivity index (χ1) is 8.85. The van der Waals surface area contributed by atoms with Crippen molar-refractivity contribution in [2.24, 2.45) is 16.8 Å². The summed E-state index contributed by atoms with van der Waals surface area (Å²) in [6, 6.07) is -0.409. The van der Waals surface area contributed by atoms with Crippen molar-refractivity contribution in [3.8, 4) is 0 Å². The molecule has 2 aliphatic rings. The van der Waals surface area contributed by atoms with Gasteiger partial charge in [0.05, 0.1) is 6.10 Å². The number of rotatable bonds is 6. The van der Waals surface area contributed by atoms with E-state index in [4.69, 9.17) is 10.5 Å². The van der Waals surface area contributed by atoms with Gasteiger partial charge in [0.2, 0.25) is 0 Å². The largest absolute Gasteiger partial charge is 0.376 e. The average molecular weight is 246 g/mol. The van der Waals surface area contributed by atoms with E-state index in [1.165, 1.54) is 5.57 Å². The van der Waals surface area contributed by atoms with E-state index in [1.54, 1.807) is 0 Å². The minimum Gasteiger partial charge on any atom is -0.376 e. The molecule has 3 atom stereocenters. The Bertz CT molecular complexity index is 429. The summed E-state index contributed by atoms with van der Waals surface area (Å²) in [5.74, 6) is 0.375. The Morgan fingerprint density at radius 3 is 3.11 bits per heavy atom. The molecular formula is C14H18N2O2. The van der Waals surface area contributed by atoms with Crippen molar-refractivity contribution in [2.45, 2.75) is 31.4 Å². The molecule has 0 aromatic rings. The molecular weight excluding hydrogens is 228 g/mol. The lowest BCUT2D eigenvalue weighted by Crippen LogP contribution is -2.35. The van der Waals surface area contributed by atoms with Crippen molar-refractivity contribution in [1.82, 2.24) is 0 Å². The monoisotopic (exact) mass is 246 g/mol. The second-order valence-electron chi connectivity index (χ2n) is 4.67. The first kappa shape index (κ1) is 13.0. The maximum atomic E-state index is 10.7. The number of hydrogen-bond acceptors (Lipinski definition) is 4. The molecule has 1 aliphatic heterocycles. The highest BCUT2D eigenvalue weighted by atomic mass is 16.5. The molecule has 96 valence electrons. The van der Waals surface area contributed by atoms with E-state index in [0.717, 1.165) is 19.3 Å². The Balaban J connectivity index is 1.88. The molecule has 2 N–H and O–H groups in total. The molecule has 1 heterocycles. The third-order valence-electron chi connectivity index (χ3n) is 3.55. The summed E-state index contributed by atoms with van der Waals surface area (Å²) in [6.07, 6.45) is 8.70. The second kappa shape index (κ2) is 6.48. The van der Waals surface area contributed by atoms with E-state index in [-0.39, 0.29) is 12.6 Å². The zero-order chi connectivity index (χ0) is 12.8. The number of allylic oxidation sites excluding steroid dienone is 4. The molecule has 0 radical (unpaired) electrons. The van der Waals surface area contributed by atoms with Gasteiger partial charge in [-0.1, -0.05) is 22.7 Å². The Morgan fingerprint density at radius 2 is 2.44 bits per heavy atom. The van der Waals surface area contributed by atoms with Crippen LogP contribution >= 0.6 is 0 Å². The zero-order valence-electron chi connectivity index (χ0n) is 10.3. The number of nitrogens with two attached hydrogens (primary N) is 1. The van der Waals surface area contributed by atoms with Gasteiger partial charge in [-0.25, -0.2) is 0 Å². The van der Waals surface area contributed by atoms with Gasteiger partial charge >= 0.3 is 0 Å². The summed E-state index contributed by atoms with van der Waals surface area (Å²) in [5.41, 5.74) is 12.6. The van der Waals surface area contributed by atoms with Crippen LogP contribution in [0.3, 0.4) is 0 Å². The van der Waals surface area contributed by atoms with Crippen LogP contribution in [0.15, 0.2) is 40.4 Å². The predicted octanol–water partition coefficient (Wildman–Crippen LogP) is 2.07. The molecule has 0 aromatic carbocycles. The maximum Gasteiger partial charge on any atom is 0.130 e. The van der Waals surface area contributed by atoms with Crippen molar-refractivity contribution in [2.75, 3.05) is 13.2 Å². The van der Waals surface area contributed by atoms with Gasteiger partial charge in [-0.3, -0.25) is 0 Å². The average Bonchev–Trinajstić information content (AvgIpc) is 2.88. The first-order valence-corrected chi connectivity index (χ1v) is 6.36. The standard InChI is InChI=1S/C14H18N2O2/c15-10-13(16-17)14-12(8-9-18-14)7-6-11-4-2-1-3-5-11/h2,4-5,12-14H,6-10,15H2. The molecule has 3 unspecified atom stereocenters. The molecule has 0 bridgehead atoms. The van der Waals surface area contributed by atoms with Gasteiger partial charge in [0, 0.05) is 13.2 Å². The summed E-state index contributed by atoms with van der Waals surface area (Å²) in [6.45, 7) is 0.967. The molecule has 4 heteroatoms. The van der Waals surface area contributed by atoms with E-state index < -0.39 is 6.04 Å². The quantitative estimate of drug-likeness (QED) is 0.576. The summed E-state index contributed by atoms with van der Waals surface area (Å²) in [5, 5.41) is 3.08. The smallest absolute Gasteiger partial charge is 0.130 e. The summed E-state index contributed by atoms with van der Waals surface area (Å²) < 4.78 is 5.61. The van der Waals surface area contributed by atoms with Crippen LogP contribution in [-0.2, 0) is 4.74 Å². The van der Waals surface area contributed by atoms with Crippen molar-refractivity contribution in [1.29, 1.82) is 0 Å². The zero-order valence-corrected chi connectivity index (χ0v) is 10.3. The van der Waals surface area contributed by atoms with Crippen LogP contribution in [-0.4, -0.2) is 25.3 Å². The third kappa shape index (κ3) is 3.06. The van der Waals surface area contributed by atoms with Gasteiger partial charge in [0.1, 0.15) is 6.04 Å². The molecule has 18 heavy (non-hydrogen) atoms. The highest BCUT2D eigenvalue weighted by Crippen LogP contribution is 2.30. The highest BCUT2D eigenvalue weighted by molar-refractivity contribution is 5.26. The van der Waals surface area contributed by atoms with Gasteiger partial charge in [-0.2, -0.15) is 4.91 Å². The minimum atomic E-state index is -0.409. The molecule has 0 aromatic heterocycles. The lowest BCUT2D eigenvalue weighted by atomic mass is 9.89. The third-order valence-corrected chi connectivity index (χ3v) is 3.55. The van der Waals surface area contributed by atoms with Crippen LogP contribution in [0.5, 0.6) is 0 Å². The highest BCUT2D eigenvalue weighted by Gasteiger charge is 2.34. The van der Waals surface area contributed by atoms with Crippen molar-refractivity contribution in [3.63, 3.8) is 0 Å². The normalized spacial score (nSPS) is 27.3. The van der Waals surface area contributed by atoms with Crippen LogP contribution in [0.2, 0.25) is 0 Å². The lowest BCUT2D eigenvalue weighted by Gasteiger charge is -2.21. The van der Waals surface area contributed by atoms with Crippen molar-refractivity contribution in [3.05, 3.63) is 40.2 Å². The van der Waals surface area contributed by atoms with Gasteiger partial charge in [-0.15, -0.1) is 0 Å². The summed E-state index contributed by atoms with van der Waals surface area (Å²) in [4.78, 5) is 10.7. The summed E-state index contributed by atoms with van der Waals surface area (Å²) in [7, 11) is 0. The van der Waals surface area contributed by atoms with Crippen LogP contribution in [0.1, 0.15) is 19.3 Å². The van der Waals surface area contributed by atoms with Crippen molar-refractivity contribution < 1.29 is 4.74 Å². The number of ether oxygens (including phenoxy) is 1. The van der Waals surface area contributed by atoms with E-state index in [1.807, 2.05) is 18.2 Å². The number of nitrogens with zero attached hydrogens (tertiary/aromatic N) is 1. The van der Waals surface area contributed by atoms with E-state index in [0.29, 0.717) is 12.5 Å². The Morgan fingerprint density at radius 1 is 1.56 bits per heavy atom. The molecule has 0 amide bonds. The topological polar surface area (TPSA) is 64.7 Å². The molecule has 2 rings (SSSR count). The number of nitroso groups, excluding NO2 is 1. The molecule has 0 spiro atoms. The van der Waals surface area contributed by atoms with Crippen LogP contribution in [0.25, 0.3) is 0 Å². The van der Waals surface area contributed by atoms with Gasteiger partial charge in [0.15, 0.2) is 0 Å². The minimum absolute atomic E-state index is 0.105. The van der Waals surface area contributed by atoms with Gasteiger partial charge in [0.25, 0.3) is 0 Å². The Kier molecular flexibility index (Phi) is 4.68. The molecule has 1 saturated heterocycles. The van der Waals surface area contributed by atoms with Crippen LogP contribution in [0.4, 0.5) is 0 Å². The first-order valence-electron chi connectivity index (χ1n) is 6.36. The molecule has 1 aliphatic carbocycles. The lowest BCUT2D eigenvalue weighted by molar-refractivity contribution is 0.0696. The van der Waals surface area contributed by atoms with Gasteiger partial charge in [-0.05, 0) is 42.9 Å². The Hall–Kier alpha value is -1.44. The predicted molar refractivity (Wildman–Crippen MR) is 70.0 cm³/mol. The number of hydrogen-bond donors (Lipinski definition) is 1.